The molecule has 0 aliphatic carbocycles. The second-order valence-electron chi connectivity index (χ2n) is 2.83. The Kier molecular flexibility index (Phi) is 10.6. The van der Waals surface area contributed by atoms with Gasteiger partial charge in [-0.15, -0.1) is 0 Å². The Morgan fingerprint density at radius 3 is 2.43 bits per heavy atom. The number of halogens is 2. The van der Waals surface area contributed by atoms with Gasteiger partial charge < -0.3 is 15.2 Å². The Bertz CT molecular complexity index is 193. The number of rotatable bonds is 2. The molecule has 1 aliphatic heterocycles. The van der Waals surface area contributed by atoms with E-state index in [9.17, 15) is 4.57 Å². The van der Waals surface area contributed by atoms with Gasteiger partial charge in [-0.05, 0) is 0 Å². The van der Waals surface area contributed by atoms with Crippen molar-refractivity contribution in [2.24, 2.45) is 0 Å². The second kappa shape index (κ2) is 9.21. The Hall–Kier alpha value is 2.15. The maximum absolute atomic E-state index is 11.6. The zero-order chi connectivity index (χ0) is 11.0. The molecule has 1 fully saturated rings. The Morgan fingerprint density at radius 1 is 1.50 bits per heavy atom. The van der Waals surface area contributed by atoms with Crippen LogP contribution in [0.15, 0.2) is 0 Å². The van der Waals surface area contributed by atoms with E-state index >= 15 is 0 Å². The van der Waals surface area contributed by atoms with Crippen LogP contribution >= 0.6 is 47.3 Å². The van der Waals surface area contributed by atoms with E-state index in [0.29, 0.717) is 9.47 Å². The van der Waals surface area contributed by atoms with Crippen LogP contribution in [0.2, 0.25) is 0 Å². The molecule has 0 aromatic carbocycles. The van der Waals surface area contributed by atoms with Crippen LogP contribution in [0.4, 0.5) is 0 Å². The molecule has 1 rings (SSSR count). The standard InChI is InChI=1S/C6H15N2O2P.2HI.V/c1-10-11(2,9)6-5-7-3-4-8-6;;;/h6-8H,3-5H2,1-2H3;2*1H;/q;;;+2/p-2. The summed E-state index contributed by atoms with van der Waals surface area (Å²) in [6, 6.07) is 0. The fraction of sp³-hybridized carbons (Fsp3) is 1.00. The van der Waals surface area contributed by atoms with Gasteiger partial charge in [0.15, 0.2) is 0 Å². The van der Waals surface area contributed by atoms with Crippen molar-refractivity contribution in [3.8, 4) is 0 Å². The monoisotopic (exact) mass is 483 g/mol. The molecule has 0 aromatic rings. The van der Waals surface area contributed by atoms with E-state index in [-0.39, 0.29) is 5.78 Å². The third-order valence-corrected chi connectivity index (χ3v) is 4.17. The van der Waals surface area contributed by atoms with Crippen LogP contribution in [0.3, 0.4) is 0 Å². The van der Waals surface area contributed by atoms with Gasteiger partial charge in [-0.25, -0.2) is 0 Å². The summed E-state index contributed by atoms with van der Waals surface area (Å²) in [5, 5.41) is 6.32. The van der Waals surface area contributed by atoms with Gasteiger partial charge in [0.25, 0.3) is 0 Å². The summed E-state index contributed by atoms with van der Waals surface area (Å²) in [7, 11) is -0.298. The predicted molar refractivity (Wildman–Crippen MR) is 73.2 cm³/mol. The van der Waals surface area contributed by atoms with Gasteiger partial charge in [-0.3, -0.25) is 4.57 Å². The van der Waals surface area contributed by atoms with Crippen molar-refractivity contribution in [2.45, 2.75) is 5.78 Å². The molecule has 1 aliphatic rings. The van der Waals surface area contributed by atoms with Crippen molar-refractivity contribution in [1.82, 2.24) is 10.6 Å². The maximum atomic E-state index is 11.6. The van der Waals surface area contributed by atoms with Crippen LogP contribution in [-0.2, 0) is 18.6 Å². The summed E-state index contributed by atoms with van der Waals surface area (Å²) in [4.78, 5) is 0. The van der Waals surface area contributed by atoms with Crippen LogP contribution in [-0.4, -0.2) is 39.2 Å². The van der Waals surface area contributed by atoms with E-state index in [2.05, 4.69) is 50.6 Å². The molecule has 1 heterocycles. The zero-order valence-electron chi connectivity index (χ0n) is 8.17. The molecule has 2 N–H and O–H groups in total. The third-order valence-electron chi connectivity index (χ3n) is 1.95. The van der Waals surface area contributed by atoms with E-state index in [1.165, 1.54) is 7.11 Å². The topological polar surface area (TPSA) is 50.4 Å². The molecule has 0 spiro atoms. The van der Waals surface area contributed by atoms with Gasteiger partial charge in [-0.1, -0.05) is 0 Å². The molecule has 0 amide bonds. The van der Waals surface area contributed by atoms with Gasteiger partial charge >= 0.3 is 49.4 Å². The van der Waals surface area contributed by atoms with Crippen LogP contribution in [0.5, 0.6) is 0 Å². The van der Waals surface area contributed by atoms with Gasteiger partial charge in [-0.2, -0.15) is 0 Å². The van der Waals surface area contributed by atoms with Crippen molar-refractivity contribution in [3.05, 3.63) is 0 Å². The first-order valence-corrected chi connectivity index (χ1v) is 15.2. The fourth-order valence-corrected chi connectivity index (χ4v) is 2.27. The Labute approximate surface area is 114 Å². The third kappa shape index (κ3) is 6.68. The second-order valence-corrected chi connectivity index (χ2v) is 17.4. The molecular formula is C6H15I2N2O2PV. The fourth-order valence-electron chi connectivity index (χ4n) is 1.10. The predicted octanol–water partition coefficient (Wildman–Crippen LogP) is 1.83. The molecule has 2 unspecified atom stereocenters. The van der Waals surface area contributed by atoms with Crippen molar-refractivity contribution >= 4 is 47.3 Å². The number of hydrogen-bond donors (Lipinski definition) is 2. The van der Waals surface area contributed by atoms with E-state index in [4.69, 9.17) is 4.52 Å². The van der Waals surface area contributed by atoms with Crippen LogP contribution < -0.4 is 10.6 Å². The molecule has 2 atom stereocenters. The van der Waals surface area contributed by atoms with Gasteiger partial charge in [0, 0.05) is 33.4 Å². The van der Waals surface area contributed by atoms with Crippen LogP contribution in [0.25, 0.3) is 0 Å². The van der Waals surface area contributed by atoms with Crippen LogP contribution in [0, 0.1) is 0 Å². The number of nitrogens with one attached hydrogen (secondary N) is 2. The summed E-state index contributed by atoms with van der Waals surface area (Å²) >= 11 is 4.74. The van der Waals surface area contributed by atoms with E-state index in [1.807, 2.05) is 0 Å². The average Bonchev–Trinajstić information content (AvgIpc) is 2.20. The van der Waals surface area contributed by atoms with E-state index in [0.717, 1.165) is 19.6 Å². The van der Waals surface area contributed by atoms with Crippen molar-refractivity contribution in [2.75, 3.05) is 33.4 Å². The molecule has 1 saturated heterocycles. The minimum absolute atomic E-state index is 0.0127. The average molecular weight is 483 g/mol. The van der Waals surface area contributed by atoms with Gasteiger partial charge in [0.05, 0.1) is 5.78 Å². The molecule has 85 valence electrons. The summed E-state index contributed by atoms with van der Waals surface area (Å²) in [5.74, 6) is -0.0127. The zero-order valence-corrected chi connectivity index (χ0v) is 14.8. The minimum atomic E-state index is -2.42. The normalized spacial score (nSPS) is 25.6. The van der Waals surface area contributed by atoms with Crippen molar-refractivity contribution in [3.63, 3.8) is 0 Å². The van der Waals surface area contributed by atoms with Gasteiger partial charge in [0.2, 0.25) is 7.37 Å². The molecule has 0 bridgehead atoms. The molecule has 14 heavy (non-hydrogen) atoms. The molecule has 0 saturated carbocycles. The number of piperazine rings is 1. The SMILES string of the molecule is COP(C)(=O)C1CNCCN1.[I][V][I]. The quantitative estimate of drug-likeness (QED) is 0.466. The van der Waals surface area contributed by atoms with E-state index < -0.39 is 7.37 Å². The Morgan fingerprint density at radius 2 is 2.07 bits per heavy atom. The Balaban J connectivity index is 0.000000500. The first kappa shape index (κ1) is 16.2. The molecule has 8 heteroatoms. The summed E-state index contributed by atoms with van der Waals surface area (Å²) in [6.45, 7) is 4.21. The van der Waals surface area contributed by atoms with Crippen LogP contribution in [0.1, 0.15) is 0 Å². The molecule has 0 radical (unpaired) electrons. The number of hydrogen-bond acceptors (Lipinski definition) is 4. The first-order valence-electron chi connectivity index (χ1n) is 4.07. The summed E-state index contributed by atoms with van der Waals surface area (Å²) < 4.78 is 16.5. The summed E-state index contributed by atoms with van der Waals surface area (Å²) in [5.41, 5.74) is 0. The van der Waals surface area contributed by atoms with Crippen molar-refractivity contribution in [1.29, 1.82) is 0 Å². The van der Waals surface area contributed by atoms with Crippen molar-refractivity contribution < 1.29 is 18.6 Å². The molecular weight excluding hydrogens is 468 g/mol. The van der Waals surface area contributed by atoms with E-state index in [1.54, 1.807) is 6.66 Å². The molecule has 4 nitrogen and oxygen atoms in total. The first-order chi connectivity index (χ1) is 6.58. The summed E-state index contributed by atoms with van der Waals surface area (Å²) in [6.07, 6.45) is 0. The van der Waals surface area contributed by atoms with Gasteiger partial charge in [0.1, 0.15) is 0 Å². The molecule has 0 aromatic heterocycles.